The molecular weight excluding hydrogens is 238 g/mol. The molecule has 1 aromatic rings. The molecule has 0 saturated carbocycles. The number of carbonyl (C=O) groups excluding carboxylic acids is 1. The van der Waals surface area contributed by atoms with Crippen LogP contribution in [0.15, 0.2) is 30.3 Å². The van der Waals surface area contributed by atoms with Gasteiger partial charge in [-0.2, -0.15) is 0 Å². The van der Waals surface area contributed by atoms with Crippen molar-refractivity contribution in [1.82, 2.24) is 4.90 Å². The first-order chi connectivity index (χ1) is 8.86. The Morgan fingerprint density at radius 1 is 1.26 bits per heavy atom. The molecule has 1 rings (SSSR count). The van der Waals surface area contributed by atoms with Gasteiger partial charge in [-0.3, -0.25) is 0 Å². The van der Waals surface area contributed by atoms with Gasteiger partial charge in [0.15, 0.2) is 0 Å². The van der Waals surface area contributed by atoms with Crippen LogP contribution in [0.3, 0.4) is 0 Å². The highest BCUT2D eigenvalue weighted by atomic mass is 16.6. The third-order valence-corrected chi connectivity index (χ3v) is 3.12. The van der Waals surface area contributed by atoms with Crippen molar-refractivity contribution in [2.24, 2.45) is 0 Å². The van der Waals surface area contributed by atoms with E-state index in [1.807, 2.05) is 45.9 Å². The predicted molar refractivity (Wildman–Crippen MR) is 78.3 cm³/mol. The van der Waals surface area contributed by atoms with Crippen LogP contribution in [0.2, 0.25) is 0 Å². The highest BCUT2D eigenvalue weighted by molar-refractivity contribution is 5.68. The van der Waals surface area contributed by atoms with E-state index in [1.54, 1.807) is 4.90 Å². The highest BCUT2D eigenvalue weighted by Gasteiger charge is 2.29. The minimum absolute atomic E-state index is 0.238. The van der Waals surface area contributed by atoms with E-state index >= 15 is 0 Å². The van der Waals surface area contributed by atoms with Crippen LogP contribution in [0, 0.1) is 0 Å². The second kappa shape index (κ2) is 6.60. The normalized spacial score (nSPS) is 12.9. The fourth-order valence-corrected chi connectivity index (χ4v) is 1.98. The standard InChI is InChI=1S/C16H25NO2/c1-6-19-15(18)17(16(3,4)5)12-13(2)14-10-8-7-9-11-14/h7-11,13H,6,12H2,1-5H3/t13-/m0/s1. The molecule has 0 aromatic heterocycles. The quantitative estimate of drug-likeness (QED) is 0.820. The Kier molecular flexibility index (Phi) is 5.40. The summed E-state index contributed by atoms with van der Waals surface area (Å²) in [5.74, 6) is 0.282. The maximum absolute atomic E-state index is 12.1. The van der Waals surface area contributed by atoms with Crippen LogP contribution >= 0.6 is 0 Å². The zero-order valence-electron chi connectivity index (χ0n) is 12.6. The van der Waals surface area contributed by atoms with Crippen LogP contribution in [-0.2, 0) is 4.74 Å². The summed E-state index contributed by atoms with van der Waals surface area (Å²) in [6.45, 7) is 11.1. The molecule has 0 unspecified atom stereocenters. The minimum Gasteiger partial charge on any atom is -0.450 e. The summed E-state index contributed by atoms with van der Waals surface area (Å²) in [5.41, 5.74) is 0.996. The molecule has 0 aliphatic rings. The molecule has 3 heteroatoms. The van der Waals surface area contributed by atoms with Gasteiger partial charge in [0.05, 0.1) is 6.61 Å². The molecule has 0 aliphatic carbocycles. The molecule has 106 valence electrons. The van der Waals surface area contributed by atoms with Crippen molar-refractivity contribution >= 4 is 6.09 Å². The Labute approximate surface area is 116 Å². The lowest BCUT2D eigenvalue weighted by Crippen LogP contribution is -2.47. The fraction of sp³-hybridized carbons (Fsp3) is 0.562. The molecule has 0 saturated heterocycles. The van der Waals surface area contributed by atoms with E-state index in [1.165, 1.54) is 5.56 Å². The fourth-order valence-electron chi connectivity index (χ4n) is 1.98. The number of hydrogen-bond acceptors (Lipinski definition) is 2. The summed E-state index contributed by atoms with van der Waals surface area (Å²) < 4.78 is 5.15. The Balaban J connectivity index is 2.81. The first-order valence-corrected chi connectivity index (χ1v) is 6.85. The van der Waals surface area contributed by atoms with Crippen LogP contribution in [0.5, 0.6) is 0 Å². The smallest absolute Gasteiger partial charge is 0.410 e. The lowest BCUT2D eigenvalue weighted by atomic mass is 9.98. The van der Waals surface area contributed by atoms with E-state index in [0.29, 0.717) is 13.2 Å². The third kappa shape index (κ3) is 4.58. The number of amides is 1. The monoisotopic (exact) mass is 263 g/mol. The van der Waals surface area contributed by atoms with Crippen LogP contribution in [0.1, 0.15) is 46.1 Å². The van der Waals surface area contributed by atoms with E-state index in [-0.39, 0.29) is 17.6 Å². The lowest BCUT2D eigenvalue weighted by molar-refractivity contribution is 0.0685. The number of ether oxygens (including phenoxy) is 1. The zero-order chi connectivity index (χ0) is 14.5. The van der Waals surface area contributed by atoms with Crippen molar-refractivity contribution in [3.8, 4) is 0 Å². The number of nitrogens with zero attached hydrogens (tertiary/aromatic N) is 1. The van der Waals surface area contributed by atoms with Gasteiger partial charge in [-0.15, -0.1) is 0 Å². The summed E-state index contributed by atoms with van der Waals surface area (Å²) in [4.78, 5) is 13.9. The van der Waals surface area contributed by atoms with E-state index < -0.39 is 0 Å². The van der Waals surface area contributed by atoms with Crippen molar-refractivity contribution in [2.45, 2.75) is 46.1 Å². The van der Waals surface area contributed by atoms with Crippen LogP contribution in [-0.4, -0.2) is 29.7 Å². The van der Waals surface area contributed by atoms with Crippen LogP contribution in [0.25, 0.3) is 0 Å². The largest absolute Gasteiger partial charge is 0.450 e. The van der Waals surface area contributed by atoms with Gasteiger partial charge in [-0.25, -0.2) is 4.79 Å². The summed E-state index contributed by atoms with van der Waals surface area (Å²) in [6, 6.07) is 10.2. The summed E-state index contributed by atoms with van der Waals surface area (Å²) in [5, 5.41) is 0. The Morgan fingerprint density at radius 3 is 2.32 bits per heavy atom. The van der Waals surface area contributed by atoms with Gasteiger partial charge < -0.3 is 9.64 Å². The lowest BCUT2D eigenvalue weighted by Gasteiger charge is -2.36. The van der Waals surface area contributed by atoms with Crippen molar-refractivity contribution in [2.75, 3.05) is 13.2 Å². The molecule has 1 aromatic carbocycles. The SMILES string of the molecule is CCOC(=O)N(C[C@H](C)c1ccccc1)C(C)(C)C. The van der Waals surface area contributed by atoms with Gasteiger partial charge in [0.2, 0.25) is 0 Å². The summed E-state index contributed by atoms with van der Waals surface area (Å²) in [7, 11) is 0. The second-order valence-corrected chi connectivity index (χ2v) is 5.79. The van der Waals surface area contributed by atoms with Crippen LogP contribution < -0.4 is 0 Å². The first-order valence-electron chi connectivity index (χ1n) is 6.85. The van der Waals surface area contributed by atoms with Crippen molar-refractivity contribution in [3.05, 3.63) is 35.9 Å². The Morgan fingerprint density at radius 2 is 1.84 bits per heavy atom. The van der Waals surface area contributed by atoms with Gasteiger partial charge in [0, 0.05) is 12.1 Å². The maximum atomic E-state index is 12.1. The highest BCUT2D eigenvalue weighted by Crippen LogP contribution is 2.22. The number of benzene rings is 1. The van der Waals surface area contributed by atoms with Crippen LogP contribution in [0.4, 0.5) is 4.79 Å². The molecule has 0 fully saturated rings. The van der Waals surface area contributed by atoms with Crippen molar-refractivity contribution in [3.63, 3.8) is 0 Å². The van der Waals surface area contributed by atoms with Gasteiger partial charge in [-0.1, -0.05) is 37.3 Å². The number of rotatable bonds is 4. The average molecular weight is 263 g/mol. The molecule has 0 radical (unpaired) electrons. The average Bonchev–Trinajstić information content (AvgIpc) is 2.35. The topological polar surface area (TPSA) is 29.5 Å². The van der Waals surface area contributed by atoms with Crippen molar-refractivity contribution < 1.29 is 9.53 Å². The first kappa shape index (κ1) is 15.5. The van der Waals surface area contributed by atoms with Gasteiger partial charge >= 0.3 is 6.09 Å². The second-order valence-electron chi connectivity index (χ2n) is 5.79. The summed E-state index contributed by atoms with van der Waals surface area (Å²) >= 11 is 0. The maximum Gasteiger partial charge on any atom is 0.410 e. The zero-order valence-corrected chi connectivity index (χ0v) is 12.6. The van der Waals surface area contributed by atoms with E-state index in [2.05, 4.69) is 19.1 Å². The molecule has 0 aliphatic heterocycles. The van der Waals surface area contributed by atoms with E-state index in [9.17, 15) is 4.79 Å². The van der Waals surface area contributed by atoms with Crippen molar-refractivity contribution in [1.29, 1.82) is 0 Å². The van der Waals surface area contributed by atoms with E-state index in [0.717, 1.165) is 0 Å². The molecule has 0 heterocycles. The molecule has 0 bridgehead atoms. The number of carbonyl (C=O) groups is 1. The molecule has 3 nitrogen and oxygen atoms in total. The predicted octanol–water partition coefficient (Wildman–Crippen LogP) is 4.05. The summed E-state index contributed by atoms with van der Waals surface area (Å²) in [6.07, 6.45) is -0.238. The van der Waals surface area contributed by atoms with Gasteiger partial charge in [-0.05, 0) is 39.2 Å². The molecule has 1 atom stereocenters. The molecular formula is C16H25NO2. The Bertz CT molecular complexity index is 395. The molecule has 1 amide bonds. The molecule has 0 spiro atoms. The third-order valence-electron chi connectivity index (χ3n) is 3.12. The Hall–Kier alpha value is -1.51. The van der Waals surface area contributed by atoms with E-state index in [4.69, 9.17) is 4.74 Å². The molecule has 19 heavy (non-hydrogen) atoms. The van der Waals surface area contributed by atoms with Gasteiger partial charge in [0.1, 0.15) is 0 Å². The minimum atomic E-state index is -0.241. The number of hydrogen-bond donors (Lipinski definition) is 0. The van der Waals surface area contributed by atoms with Gasteiger partial charge in [0.25, 0.3) is 0 Å². The molecule has 0 N–H and O–H groups in total.